The summed E-state index contributed by atoms with van der Waals surface area (Å²) in [5.41, 5.74) is 0.633. The summed E-state index contributed by atoms with van der Waals surface area (Å²) in [7, 11) is 1.60. The van der Waals surface area contributed by atoms with Gasteiger partial charge in [-0.15, -0.1) is 0 Å². The number of hydrogen-bond acceptors (Lipinski definition) is 4. The summed E-state index contributed by atoms with van der Waals surface area (Å²) in [5, 5.41) is 0. The van der Waals surface area contributed by atoms with E-state index in [0.717, 1.165) is 25.8 Å². The number of piperidine rings is 1. The first kappa shape index (κ1) is 16.0. The molecule has 2 aliphatic heterocycles. The van der Waals surface area contributed by atoms with Crippen molar-refractivity contribution in [2.75, 3.05) is 18.6 Å². The van der Waals surface area contributed by atoms with E-state index in [1.807, 2.05) is 0 Å². The average molecular weight is 316 g/mol. The zero-order valence-electron chi connectivity index (χ0n) is 13.8. The smallest absolute Gasteiger partial charge is 0.251 e. The SMILES string of the molecule is CC[C@H]1CCCCN1[C@H]1CC(=O)N(c2ccc(OC)cc2)C1=O. The number of carbonyl (C=O) groups excluding carboxylic acids is 2. The Morgan fingerprint density at radius 3 is 2.57 bits per heavy atom. The first-order valence-electron chi connectivity index (χ1n) is 8.42. The minimum absolute atomic E-state index is 0.0829. The molecule has 0 unspecified atom stereocenters. The second-order valence-corrected chi connectivity index (χ2v) is 6.28. The normalized spacial score (nSPS) is 25.9. The predicted octanol–water partition coefficient (Wildman–Crippen LogP) is 2.59. The van der Waals surface area contributed by atoms with Gasteiger partial charge in [0.2, 0.25) is 5.91 Å². The van der Waals surface area contributed by atoms with Crippen LogP contribution in [0.15, 0.2) is 24.3 Å². The summed E-state index contributed by atoms with van der Waals surface area (Å²) in [6.45, 7) is 3.07. The third kappa shape index (κ3) is 2.98. The van der Waals surface area contributed by atoms with Crippen LogP contribution in [0.3, 0.4) is 0 Å². The Morgan fingerprint density at radius 2 is 1.91 bits per heavy atom. The molecule has 2 heterocycles. The van der Waals surface area contributed by atoms with Gasteiger partial charge in [-0.05, 0) is 50.1 Å². The number of imide groups is 1. The molecule has 0 spiro atoms. The van der Waals surface area contributed by atoms with E-state index in [0.29, 0.717) is 23.9 Å². The molecule has 2 saturated heterocycles. The van der Waals surface area contributed by atoms with Gasteiger partial charge in [0.25, 0.3) is 5.91 Å². The number of rotatable bonds is 4. The topological polar surface area (TPSA) is 49.9 Å². The first-order chi connectivity index (χ1) is 11.2. The molecule has 0 aliphatic carbocycles. The Kier molecular flexibility index (Phi) is 4.66. The molecule has 2 aliphatic rings. The van der Waals surface area contributed by atoms with Crippen LogP contribution >= 0.6 is 0 Å². The van der Waals surface area contributed by atoms with Gasteiger partial charge in [0, 0.05) is 6.04 Å². The van der Waals surface area contributed by atoms with Crippen molar-refractivity contribution in [2.45, 2.75) is 51.1 Å². The lowest BCUT2D eigenvalue weighted by atomic mass is 9.97. The van der Waals surface area contributed by atoms with Gasteiger partial charge in [0.05, 0.1) is 25.3 Å². The number of anilines is 1. The van der Waals surface area contributed by atoms with Gasteiger partial charge in [-0.1, -0.05) is 13.3 Å². The van der Waals surface area contributed by atoms with Gasteiger partial charge in [0.15, 0.2) is 0 Å². The van der Waals surface area contributed by atoms with Crippen LogP contribution in [-0.2, 0) is 9.59 Å². The van der Waals surface area contributed by atoms with Crippen LogP contribution in [0.2, 0.25) is 0 Å². The third-order valence-electron chi connectivity index (χ3n) is 5.00. The van der Waals surface area contributed by atoms with Crippen molar-refractivity contribution in [2.24, 2.45) is 0 Å². The van der Waals surface area contributed by atoms with Crippen molar-refractivity contribution in [3.8, 4) is 5.75 Å². The van der Waals surface area contributed by atoms with Crippen molar-refractivity contribution in [3.05, 3.63) is 24.3 Å². The number of benzene rings is 1. The molecule has 3 rings (SSSR count). The molecule has 5 nitrogen and oxygen atoms in total. The molecule has 2 fully saturated rings. The lowest BCUT2D eigenvalue weighted by Gasteiger charge is -2.38. The molecular weight excluding hydrogens is 292 g/mol. The number of ether oxygens (including phenoxy) is 1. The third-order valence-corrected chi connectivity index (χ3v) is 5.00. The molecule has 23 heavy (non-hydrogen) atoms. The second-order valence-electron chi connectivity index (χ2n) is 6.28. The molecule has 2 atom stereocenters. The van der Waals surface area contributed by atoms with Crippen LogP contribution < -0.4 is 9.64 Å². The zero-order valence-corrected chi connectivity index (χ0v) is 13.8. The molecule has 0 bridgehead atoms. The lowest BCUT2D eigenvalue weighted by molar-refractivity contribution is -0.123. The van der Waals surface area contributed by atoms with Crippen molar-refractivity contribution in [1.29, 1.82) is 0 Å². The number of methoxy groups -OCH3 is 1. The molecule has 0 saturated carbocycles. The highest BCUT2D eigenvalue weighted by Gasteiger charge is 2.44. The van der Waals surface area contributed by atoms with Crippen LogP contribution in [-0.4, -0.2) is 42.5 Å². The Labute approximate surface area is 137 Å². The minimum atomic E-state index is -0.296. The molecule has 124 valence electrons. The summed E-state index contributed by atoms with van der Waals surface area (Å²) < 4.78 is 5.13. The van der Waals surface area contributed by atoms with E-state index in [2.05, 4.69) is 11.8 Å². The van der Waals surface area contributed by atoms with Gasteiger partial charge >= 0.3 is 0 Å². The van der Waals surface area contributed by atoms with Crippen LogP contribution in [0.5, 0.6) is 5.75 Å². The highest BCUT2D eigenvalue weighted by atomic mass is 16.5. The summed E-state index contributed by atoms with van der Waals surface area (Å²) in [5.74, 6) is 0.526. The van der Waals surface area contributed by atoms with Crippen molar-refractivity contribution in [3.63, 3.8) is 0 Å². The fourth-order valence-corrected chi connectivity index (χ4v) is 3.75. The number of nitrogens with zero attached hydrogens (tertiary/aromatic N) is 2. The number of hydrogen-bond donors (Lipinski definition) is 0. The van der Waals surface area contributed by atoms with E-state index in [1.54, 1.807) is 31.4 Å². The summed E-state index contributed by atoms with van der Waals surface area (Å²) in [4.78, 5) is 28.9. The highest BCUT2D eigenvalue weighted by Crippen LogP contribution is 2.31. The zero-order chi connectivity index (χ0) is 16.4. The first-order valence-corrected chi connectivity index (χ1v) is 8.42. The predicted molar refractivity (Wildman–Crippen MR) is 88.5 cm³/mol. The van der Waals surface area contributed by atoms with E-state index in [1.165, 1.54) is 11.3 Å². The second kappa shape index (κ2) is 6.71. The molecular formula is C18H24N2O3. The lowest BCUT2D eigenvalue weighted by Crippen LogP contribution is -2.49. The molecule has 0 radical (unpaired) electrons. The van der Waals surface area contributed by atoms with Crippen LogP contribution in [0.4, 0.5) is 5.69 Å². The number of likely N-dealkylation sites (tertiary alicyclic amines) is 1. The molecule has 2 amide bonds. The Morgan fingerprint density at radius 1 is 1.17 bits per heavy atom. The Bertz CT molecular complexity index is 584. The Balaban J connectivity index is 1.81. The van der Waals surface area contributed by atoms with Crippen molar-refractivity contribution >= 4 is 17.5 Å². The number of amides is 2. The van der Waals surface area contributed by atoms with Crippen LogP contribution in [0.25, 0.3) is 0 Å². The van der Waals surface area contributed by atoms with Crippen LogP contribution in [0.1, 0.15) is 39.0 Å². The van der Waals surface area contributed by atoms with Gasteiger partial charge in [0.1, 0.15) is 5.75 Å². The van der Waals surface area contributed by atoms with Crippen molar-refractivity contribution < 1.29 is 14.3 Å². The Hall–Kier alpha value is -1.88. The van der Waals surface area contributed by atoms with E-state index in [-0.39, 0.29) is 17.9 Å². The minimum Gasteiger partial charge on any atom is -0.497 e. The average Bonchev–Trinajstić information content (AvgIpc) is 2.89. The van der Waals surface area contributed by atoms with E-state index >= 15 is 0 Å². The van der Waals surface area contributed by atoms with Crippen LogP contribution in [0, 0.1) is 0 Å². The fraction of sp³-hybridized carbons (Fsp3) is 0.556. The van der Waals surface area contributed by atoms with Gasteiger partial charge in [-0.3, -0.25) is 14.5 Å². The van der Waals surface area contributed by atoms with Gasteiger partial charge in [-0.2, -0.15) is 0 Å². The van der Waals surface area contributed by atoms with E-state index < -0.39 is 0 Å². The van der Waals surface area contributed by atoms with Crippen molar-refractivity contribution in [1.82, 2.24) is 4.90 Å². The van der Waals surface area contributed by atoms with E-state index in [9.17, 15) is 9.59 Å². The maximum absolute atomic E-state index is 12.9. The number of carbonyl (C=O) groups is 2. The maximum Gasteiger partial charge on any atom is 0.251 e. The fourth-order valence-electron chi connectivity index (χ4n) is 3.75. The molecule has 5 heteroatoms. The monoisotopic (exact) mass is 316 g/mol. The summed E-state index contributed by atoms with van der Waals surface area (Å²) in [6.07, 6.45) is 4.77. The summed E-state index contributed by atoms with van der Waals surface area (Å²) >= 11 is 0. The molecule has 0 N–H and O–H groups in total. The van der Waals surface area contributed by atoms with Gasteiger partial charge in [-0.25, -0.2) is 4.90 Å². The standard InChI is InChI=1S/C18H24N2O3/c1-3-13-6-4-5-11-19(13)16-12-17(21)20(18(16)22)14-7-9-15(23-2)10-8-14/h7-10,13,16H,3-6,11-12H2,1-2H3/t13-,16-/m0/s1. The molecule has 1 aromatic rings. The van der Waals surface area contributed by atoms with E-state index in [4.69, 9.17) is 4.74 Å². The highest BCUT2D eigenvalue weighted by molar-refractivity contribution is 6.22. The van der Waals surface area contributed by atoms with Gasteiger partial charge < -0.3 is 4.74 Å². The quantitative estimate of drug-likeness (QED) is 0.801. The molecule has 1 aromatic carbocycles. The summed E-state index contributed by atoms with van der Waals surface area (Å²) in [6, 6.07) is 7.21. The largest absolute Gasteiger partial charge is 0.497 e. The maximum atomic E-state index is 12.9. The molecule has 0 aromatic heterocycles.